The first kappa shape index (κ1) is 34.3. The van der Waals surface area contributed by atoms with E-state index in [0.717, 1.165) is 104 Å². The molecule has 10 nitrogen and oxygen atoms in total. The van der Waals surface area contributed by atoms with Crippen LogP contribution in [0.2, 0.25) is 0 Å². The molecule has 0 N–H and O–H groups in total. The Hall–Kier alpha value is -1.15. The van der Waals surface area contributed by atoms with Crippen LogP contribution in [0.15, 0.2) is 29.2 Å². The lowest BCUT2D eigenvalue weighted by molar-refractivity contribution is 0.147. The van der Waals surface area contributed by atoms with E-state index in [4.69, 9.17) is 0 Å². The topological polar surface area (TPSA) is 60.1 Å². The predicted molar refractivity (Wildman–Crippen MR) is 170 cm³/mol. The summed E-state index contributed by atoms with van der Waals surface area (Å²) in [6.45, 7) is 18.5. The van der Waals surface area contributed by atoms with Crippen molar-refractivity contribution < 1.29 is 8.42 Å². The third-order valence-corrected chi connectivity index (χ3v) is 10.7. The van der Waals surface area contributed by atoms with Gasteiger partial charge in [0.15, 0.2) is 0 Å². The van der Waals surface area contributed by atoms with Crippen molar-refractivity contribution in [3.63, 3.8) is 0 Å². The van der Waals surface area contributed by atoms with Crippen LogP contribution >= 0.6 is 0 Å². The van der Waals surface area contributed by atoms with Gasteiger partial charge in [-0.3, -0.25) is 9.80 Å². The SMILES string of the molecule is Cc1ccc(S(=O)(=O)N2CCN(C)CCN3CCN(C)CCN(C)CCN(CCN(C)CCN(C)CC3)CC2)cc1. The standard InChI is InChI=1S/C30H58N8O2S/c1-29-7-9-30(10-8-29)41(39,40)38-27-20-35(6)19-23-36-21-15-31(2)11-13-33(4)17-24-37(26-28-38)25-18-34(5)14-12-32(3)16-22-36/h7-10H,11-28H2,1-6H3. The highest BCUT2D eigenvalue weighted by atomic mass is 32.2. The van der Waals surface area contributed by atoms with Crippen LogP contribution in [0, 0.1) is 6.92 Å². The van der Waals surface area contributed by atoms with Gasteiger partial charge in [-0.05, 0) is 54.3 Å². The van der Waals surface area contributed by atoms with Crippen molar-refractivity contribution >= 4 is 10.0 Å². The molecule has 3 heterocycles. The van der Waals surface area contributed by atoms with Gasteiger partial charge in [0, 0.05) is 118 Å². The molecule has 0 aromatic heterocycles. The Morgan fingerprint density at radius 2 is 0.707 bits per heavy atom. The first-order valence-corrected chi connectivity index (χ1v) is 16.9. The summed E-state index contributed by atoms with van der Waals surface area (Å²) in [5.74, 6) is 0. The fourth-order valence-corrected chi connectivity index (χ4v) is 6.64. The summed E-state index contributed by atoms with van der Waals surface area (Å²) in [4.78, 5) is 17.5. The zero-order valence-electron chi connectivity index (χ0n) is 26.8. The van der Waals surface area contributed by atoms with E-state index in [-0.39, 0.29) is 0 Å². The van der Waals surface area contributed by atoms with E-state index in [0.29, 0.717) is 24.5 Å². The number of hydrogen-bond acceptors (Lipinski definition) is 9. The normalized spacial score (nSPS) is 27.1. The molecule has 1 aromatic rings. The van der Waals surface area contributed by atoms with Crippen LogP contribution in [0.25, 0.3) is 0 Å². The Balaban J connectivity index is 1.87. The molecule has 236 valence electrons. The summed E-state index contributed by atoms with van der Waals surface area (Å²) in [6.07, 6.45) is 0. The molecule has 0 aliphatic carbocycles. The molecular weight excluding hydrogens is 536 g/mol. The first-order valence-electron chi connectivity index (χ1n) is 15.5. The van der Waals surface area contributed by atoms with Crippen molar-refractivity contribution in [3.05, 3.63) is 29.8 Å². The Morgan fingerprint density at radius 1 is 0.439 bits per heavy atom. The Kier molecular flexibility index (Phi) is 14.4. The summed E-state index contributed by atoms with van der Waals surface area (Å²) in [7, 11) is 7.44. The van der Waals surface area contributed by atoms with E-state index in [1.807, 2.05) is 19.1 Å². The van der Waals surface area contributed by atoms with Gasteiger partial charge in [0.1, 0.15) is 0 Å². The summed E-state index contributed by atoms with van der Waals surface area (Å²) in [5.41, 5.74) is 1.07. The number of nitrogens with zero attached hydrogens (tertiary/aromatic N) is 8. The van der Waals surface area contributed by atoms with Gasteiger partial charge in [0.25, 0.3) is 0 Å². The number of benzene rings is 1. The zero-order chi connectivity index (χ0) is 29.8. The van der Waals surface area contributed by atoms with Crippen LogP contribution in [0.1, 0.15) is 5.56 Å². The molecule has 11 heteroatoms. The van der Waals surface area contributed by atoms with Gasteiger partial charge in [0.05, 0.1) is 4.90 Å². The van der Waals surface area contributed by atoms with Gasteiger partial charge in [-0.25, -0.2) is 8.42 Å². The van der Waals surface area contributed by atoms with Crippen molar-refractivity contribution in [2.24, 2.45) is 0 Å². The predicted octanol–water partition coefficient (Wildman–Crippen LogP) is 0.276. The Bertz CT molecular complexity index is 951. The van der Waals surface area contributed by atoms with Gasteiger partial charge >= 0.3 is 0 Å². The van der Waals surface area contributed by atoms with E-state index < -0.39 is 10.0 Å². The number of aryl methyl sites for hydroxylation is 1. The van der Waals surface area contributed by atoms with Gasteiger partial charge in [-0.2, -0.15) is 4.31 Å². The van der Waals surface area contributed by atoms with E-state index in [2.05, 4.69) is 69.5 Å². The maximum atomic E-state index is 13.9. The molecule has 3 aliphatic rings. The lowest BCUT2D eigenvalue weighted by Gasteiger charge is -2.33. The fraction of sp³-hybridized carbons (Fsp3) is 0.800. The van der Waals surface area contributed by atoms with E-state index in [9.17, 15) is 8.42 Å². The van der Waals surface area contributed by atoms with Crippen molar-refractivity contribution in [2.75, 3.05) is 153 Å². The molecular formula is C30H58N8O2S. The highest BCUT2D eigenvalue weighted by Crippen LogP contribution is 2.17. The smallest absolute Gasteiger partial charge is 0.243 e. The highest BCUT2D eigenvalue weighted by Gasteiger charge is 2.26. The lowest BCUT2D eigenvalue weighted by Crippen LogP contribution is -2.47. The van der Waals surface area contributed by atoms with Gasteiger partial charge in [0.2, 0.25) is 10.0 Å². The van der Waals surface area contributed by atoms with Crippen molar-refractivity contribution in [1.29, 1.82) is 0 Å². The van der Waals surface area contributed by atoms with Crippen LogP contribution in [0.5, 0.6) is 0 Å². The molecule has 2 bridgehead atoms. The molecule has 0 amide bonds. The molecule has 1 aromatic carbocycles. The summed E-state index contributed by atoms with van der Waals surface area (Å²) >= 11 is 0. The van der Waals surface area contributed by atoms with Crippen molar-refractivity contribution in [2.45, 2.75) is 11.8 Å². The molecule has 0 saturated carbocycles. The number of likely N-dealkylation sites (N-methyl/N-ethyl adjacent to an activating group) is 5. The average Bonchev–Trinajstić information content (AvgIpc) is 2.94. The maximum Gasteiger partial charge on any atom is 0.243 e. The number of rotatable bonds is 2. The van der Waals surface area contributed by atoms with Crippen LogP contribution in [-0.4, -0.2) is 200 Å². The minimum Gasteiger partial charge on any atom is -0.304 e. The van der Waals surface area contributed by atoms with Crippen molar-refractivity contribution in [1.82, 2.24) is 38.6 Å². The highest BCUT2D eigenvalue weighted by molar-refractivity contribution is 7.89. The molecule has 3 fully saturated rings. The average molecular weight is 595 g/mol. The molecule has 41 heavy (non-hydrogen) atoms. The summed E-state index contributed by atoms with van der Waals surface area (Å²) in [5, 5.41) is 0. The first-order chi connectivity index (χ1) is 19.5. The zero-order valence-corrected chi connectivity index (χ0v) is 27.7. The Morgan fingerprint density at radius 3 is 1.07 bits per heavy atom. The molecule has 0 radical (unpaired) electrons. The number of hydrogen-bond donors (Lipinski definition) is 0. The number of sulfonamides is 1. The molecule has 3 aliphatic heterocycles. The molecule has 3 saturated heterocycles. The van der Waals surface area contributed by atoms with E-state index in [1.165, 1.54) is 0 Å². The van der Waals surface area contributed by atoms with Crippen molar-refractivity contribution in [3.8, 4) is 0 Å². The molecule has 0 atom stereocenters. The lowest BCUT2D eigenvalue weighted by atomic mass is 10.2. The van der Waals surface area contributed by atoms with E-state index >= 15 is 0 Å². The van der Waals surface area contributed by atoms with Gasteiger partial charge in [-0.15, -0.1) is 0 Å². The van der Waals surface area contributed by atoms with E-state index in [1.54, 1.807) is 16.4 Å². The fourth-order valence-electron chi connectivity index (χ4n) is 5.22. The summed E-state index contributed by atoms with van der Waals surface area (Å²) < 4.78 is 29.4. The van der Waals surface area contributed by atoms with Gasteiger partial charge in [-0.1, -0.05) is 17.7 Å². The molecule has 4 rings (SSSR count). The minimum atomic E-state index is -3.59. The monoisotopic (exact) mass is 594 g/mol. The van der Waals surface area contributed by atoms with Crippen LogP contribution in [0.4, 0.5) is 0 Å². The number of fused-ring (bicyclic) bond motifs is 21. The third-order valence-electron chi connectivity index (χ3n) is 8.77. The Labute approximate surface area is 251 Å². The molecule has 0 unspecified atom stereocenters. The quantitative estimate of drug-likeness (QED) is 0.481. The second-order valence-corrected chi connectivity index (χ2v) is 14.4. The van der Waals surface area contributed by atoms with Crippen LogP contribution in [-0.2, 0) is 10.0 Å². The largest absolute Gasteiger partial charge is 0.304 e. The van der Waals surface area contributed by atoms with Crippen LogP contribution < -0.4 is 0 Å². The minimum absolute atomic E-state index is 0.389. The second kappa shape index (κ2) is 17.2. The van der Waals surface area contributed by atoms with Gasteiger partial charge < -0.3 is 24.5 Å². The maximum absolute atomic E-state index is 13.9. The summed E-state index contributed by atoms with van der Waals surface area (Å²) in [6, 6.07) is 7.30. The van der Waals surface area contributed by atoms with Crippen LogP contribution in [0.3, 0.4) is 0 Å². The third kappa shape index (κ3) is 12.2. The second-order valence-electron chi connectivity index (χ2n) is 12.4. The molecule has 0 spiro atoms.